The van der Waals surface area contributed by atoms with Gasteiger partial charge in [-0.3, -0.25) is 4.79 Å². The van der Waals surface area contributed by atoms with E-state index < -0.39 is 0 Å². The smallest absolute Gasteiger partial charge is 0.251 e. The van der Waals surface area contributed by atoms with Crippen LogP contribution in [0, 0.1) is 18.8 Å². The number of ether oxygens (including phenoxy) is 1. The Kier molecular flexibility index (Phi) is 6.78. The lowest BCUT2D eigenvalue weighted by Crippen LogP contribution is -2.33. The summed E-state index contributed by atoms with van der Waals surface area (Å²) in [5.41, 5.74) is 7.74. The lowest BCUT2D eigenvalue weighted by Gasteiger charge is -2.15. The number of hydrogen-bond acceptors (Lipinski definition) is 3. The Morgan fingerprint density at radius 1 is 1.50 bits per heavy atom. The van der Waals surface area contributed by atoms with Crippen LogP contribution in [0.1, 0.15) is 34.8 Å². The number of hydrogen-bond donors (Lipinski definition) is 2. The van der Waals surface area contributed by atoms with Crippen molar-refractivity contribution in [3.63, 3.8) is 0 Å². The van der Waals surface area contributed by atoms with E-state index in [1.165, 1.54) is 0 Å². The highest BCUT2D eigenvalue weighted by molar-refractivity contribution is 5.96. The molecule has 1 unspecified atom stereocenters. The lowest BCUT2D eigenvalue weighted by molar-refractivity contribution is 0.0929. The van der Waals surface area contributed by atoms with Gasteiger partial charge in [0.25, 0.3) is 5.91 Å². The summed E-state index contributed by atoms with van der Waals surface area (Å²) in [6, 6.07) is 5.60. The van der Waals surface area contributed by atoms with Crippen LogP contribution in [0.5, 0.6) is 0 Å². The Bertz CT molecular complexity index is 515. The van der Waals surface area contributed by atoms with Crippen molar-refractivity contribution < 1.29 is 9.53 Å². The number of amides is 1. The van der Waals surface area contributed by atoms with E-state index in [2.05, 4.69) is 17.2 Å². The average Bonchev–Trinajstić information content (AvgIpc) is 2.43. The SMILES string of the molecule is COCCC(C)NC(=O)c1cccc(C#CCN)c1C. The monoisotopic (exact) mass is 274 g/mol. The molecule has 4 heteroatoms. The Morgan fingerprint density at radius 3 is 2.90 bits per heavy atom. The topological polar surface area (TPSA) is 64.3 Å². The van der Waals surface area contributed by atoms with Crippen LogP contribution in [0.25, 0.3) is 0 Å². The molecule has 0 saturated carbocycles. The van der Waals surface area contributed by atoms with Crippen LogP contribution < -0.4 is 11.1 Å². The van der Waals surface area contributed by atoms with Crippen LogP contribution in [0.3, 0.4) is 0 Å². The third-order valence-electron chi connectivity index (χ3n) is 3.04. The summed E-state index contributed by atoms with van der Waals surface area (Å²) < 4.78 is 5.01. The number of carbonyl (C=O) groups excluding carboxylic acids is 1. The number of rotatable bonds is 5. The third kappa shape index (κ3) is 4.69. The van der Waals surface area contributed by atoms with Crippen molar-refractivity contribution >= 4 is 5.91 Å². The van der Waals surface area contributed by atoms with Gasteiger partial charge in [-0.1, -0.05) is 17.9 Å². The van der Waals surface area contributed by atoms with E-state index in [9.17, 15) is 4.79 Å². The van der Waals surface area contributed by atoms with Crippen molar-refractivity contribution in [2.45, 2.75) is 26.3 Å². The summed E-state index contributed by atoms with van der Waals surface area (Å²) >= 11 is 0. The first-order valence-electron chi connectivity index (χ1n) is 6.68. The predicted molar refractivity (Wildman–Crippen MR) is 80.5 cm³/mol. The first kappa shape index (κ1) is 16.2. The van der Waals surface area contributed by atoms with Crippen LogP contribution in [-0.4, -0.2) is 32.2 Å². The van der Waals surface area contributed by atoms with E-state index in [4.69, 9.17) is 10.5 Å². The molecule has 0 fully saturated rings. The summed E-state index contributed by atoms with van der Waals surface area (Å²) in [7, 11) is 1.65. The summed E-state index contributed by atoms with van der Waals surface area (Å²) in [5, 5.41) is 2.96. The molecule has 0 heterocycles. The van der Waals surface area contributed by atoms with Gasteiger partial charge < -0.3 is 15.8 Å². The third-order valence-corrected chi connectivity index (χ3v) is 3.04. The summed E-state index contributed by atoms with van der Waals surface area (Å²) in [4.78, 5) is 12.2. The molecule has 0 radical (unpaired) electrons. The van der Waals surface area contributed by atoms with Gasteiger partial charge in [0.05, 0.1) is 6.54 Å². The average molecular weight is 274 g/mol. The molecule has 0 bridgehead atoms. The van der Waals surface area contributed by atoms with Gasteiger partial charge >= 0.3 is 0 Å². The second kappa shape index (κ2) is 8.36. The fourth-order valence-electron chi connectivity index (χ4n) is 1.83. The quantitative estimate of drug-likeness (QED) is 0.799. The van der Waals surface area contributed by atoms with Crippen molar-refractivity contribution in [3.8, 4) is 11.8 Å². The molecule has 1 aromatic rings. The molecule has 0 saturated heterocycles. The largest absolute Gasteiger partial charge is 0.385 e. The van der Waals surface area contributed by atoms with E-state index in [0.29, 0.717) is 18.7 Å². The molecular weight excluding hydrogens is 252 g/mol. The van der Waals surface area contributed by atoms with Gasteiger partial charge in [-0.15, -0.1) is 0 Å². The molecule has 1 aromatic carbocycles. The second-order valence-electron chi connectivity index (χ2n) is 4.64. The van der Waals surface area contributed by atoms with E-state index in [-0.39, 0.29) is 11.9 Å². The maximum Gasteiger partial charge on any atom is 0.251 e. The Labute approximate surface area is 120 Å². The Hall–Kier alpha value is -1.83. The summed E-state index contributed by atoms with van der Waals surface area (Å²) in [6.45, 7) is 4.80. The molecule has 108 valence electrons. The maximum absolute atomic E-state index is 12.2. The highest BCUT2D eigenvalue weighted by Crippen LogP contribution is 2.13. The minimum absolute atomic E-state index is 0.0700. The molecule has 1 amide bonds. The van der Waals surface area contributed by atoms with Crippen LogP contribution in [-0.2, 0) is 4.74 Å². The standard InChI is InChI=1S/C16H22N2O2/c1-12(9-11-20-3)18-16(19)15-8-4-6-14(13(15)2)7-5-10-17/h4,6,8,12H,9-11,17H2,1-3H3,(H,18,19). The molecule has 0 aliphatic rings. The first-order valence-corrected chi connectivity index (χ1v) is 6.68. The van der Waals surface area contributed by atoms with E-state index in [1.807, 2.05) is 26.0 Å². The first-order chi connectivity index (χ1) is 9.60. The van der Waals surface area contributed by atoms with Crippen molar-refractivity contribution in [2.75, 3.05) is 20.3 Å². The van der Waals surface area contributed by atoms with Gasteiger partial charge in [-0.05, 0) is 38.0 Å². The number of nitrogens with one attached hydrogen (secondary N) is 1. The van der Waals surface area contributed by atoms with E-state index in [1.54, 1.807) is 13.2 Å². The van der Waals surface area contributed by atoms with Crippen molar-refractivity contribution in [1.29, 1.82) is 0 Å². The number of nitrogens with two attached hydrogens (primary N) is 1. The molecule has 0 aliphatic carbocycles. The second-order valence-corrected chi connectivity index (χ2v) is 4.64. The number of benzene rings is 1. The minimum Gasteiger partial charge on any atom is -0.385 e. The zero-order valence-electron chi connectivity index (χ0n) is 12.3. The highest BCUT2D eigenvalue weighted by atomic mass is 16.5. The van der Waals surface area contributed by atoms with Crippen LogP contribution in [0.2, 0.25) is 0 Å². The molecule has 0 aromatic heterocycles. The van der Waals surface area contributed by atoms with Crippen molar-refractivity contribution in [1.82, 2.24) is 5.32 Å². The number of carbonyl (C=O) groups is 1. The normalized spacial score (nSPS) is 11.4. The van der Waals surface area contributed by atoms with Crippen molar-refractivity contribution in [3.05, 3.63) is 34.9 Å². The van der Waals surface area contributed by atoms with Crippen molar-refractivity contribution in [2.24, 2.45) is 5.73 Å². The van der Waals surface area contributed by atoms with E-state index in [0.717, 1.165) is 17.5 Å². The predicted octanol–water partition coefficient (Wildman–Crippen LogP) is 1.46. The molecule has 3 N–H and O–H groups in total. The highest BCUT2D eigenvalue weighted by Gasteiger charge is 2.13. The van der Waals surface area contributed by atoms with E-state index >= 15 is 0 Å². The van der Waals surface area contributed by atoms with Gasteiger partial charge in [0.2, 0.25) is 0 Å². The number of methoxy groups -OCH3 is 1. The molecule has 0 aliphatic heterocycles. The van der Waals surface area contributed by atoms with Gasteiger partial charge in [-0.2, -0.15) is 0 Å². The van der Waals surface area contributed by atoms with Gasteiger partial charge in [0.15, 0.2) is 0 Å². The van der Waals surface area contributed by atoms with Crippen LogP contribution >= 0.6 is 0 Å². The molecule has 4 nitrogen and oxygen atoms in total. The van der Waals surface area contributed by atoms with Gasteiger partial charge in [0.1, 0.15) is 0 Å². The molecule has 0 spiro atoms. The molecule has 1 rings (SSSR count). The van der Waals surface area contributed by atoms with Crippen LogP contribution in [0.15, 0.2) is 18.2 Å². The summed E-state index contributed by atoms with van der Waals surface area (Å²) in [6.07, 6.45) is 0.786. The summed E-state index contributed by atoms with van der Waals surface area (Å²) in [5.74, 6) is 5.71. The fraction of sp³-hybridized carbons (Fsp3) is 0.438. The lowest BCUT2D eigenvalue weighted by atomic mass is 10.0. The van der Waals surface area contributed by atoms with Crippen LogP contribution in [0.4, 0.5) is 0 Å². The zero-order valence-corrected chi connectivity index (χ0v) is 12.3. The minimum atomic E-state index is -0.0810. The molecule has 20 heavy (non-hydrogen) atoms. The molecule has 1 atom stereocenters. The Balaban J connectivity index is 2.83. The zero-order chi connectivity index (χ0) is 15.0. The van der Waals surface area contributed by atoms with Gasteiger partial charge in [0, 0.05) is 30.9 Å². The Morgan fingerprint density at radius 2 is 2.25 bits per heavy atom. The fourth-order valence-corrected chi connectivity index (χ4v) is 1.83. The maximum atomic E-state index is 12.2. The molecular formula is C16H22N2O2. The van der Waals surface area contributed by atoms with Gasteiger partial charge in [-0.25, -0.2) is 0 Å².